The van der Waals surface area contributed by atoms with Gasteiger partial charge in [-0.05, 0) is 43.3 Å². The molecule has 0 aromatic heterocycles. The molecule has 0 saturated heterocycles. The lowest BCUT2D eigenvalue weighted by Gasteiger charge is -2.17. The Morgan fingerprint density at radius 2 is 1.56 bits per heavy atom. The molecule has 146 valence electrons. The van der Waals surface area contributed by atoms with E-state index in [4.69, 9.17) is 9.47 Å². The lowest BCUT2D eigenvalue weighted by atomic mass is 10.2. The normalized spacial score (nSPS) is 12.1. The van der Waals surface area contributed by atoms with Crippen LogP contribution in [0.3, 0.4) is 0 Å². The van der Waals surface area contributed by atoms with E-state index < -0.39 is 12.4 Å². The average Bonchev–Trinajstić information content (AvgIpc) is 2.61. The van der Waals surface area contributed by atoms with Gasteiger partial charge in [0.1, 0.15) is 11.8 Å². The van der Waals surface area contributed by atoms with Gasteiger partial charge in [0.25, 0.3) is 0 Å². The summed E-state index contributed by atoms with van der Waals surface area (Å²) in [6.45, 7) is 1.62. The molecule has 9 heteroatoms. The lowest BCUT2D eigenvalue weighted by Crippen LogP contribution is -2.31. The number of anilines is 2. The first-order valence-electron chi connectivity index (χ1n) is 7.87. The molecule has 0 heterocycles. The van der Waals surface area contributed by atoms with E-state index in [2.05, 4.69) is 15.4 Å². The van der Waals surface area contributed by atoms with Crippen LogP contribution in [-0.2, 0) is 4.79 Å². The predicted molar refractivity (Wildman–Crippen MR) is 94.4 cm³/mol. The van der Waals surface area contributed by atoms with Crippen molar-refractivity contribution in [1.82, 2.24) is 0 Å². The molecule has 0 fully saturated rings. The van der Waals surface area contributed by atoms with E-state index in [1.807, 2.05) is 0 Å². The van der Waals surface area contributed by atoms with Gasteiger partial charge in [0.2, 0.25) is 5.91 Å². The molecule has 0 radical (unpaired) electrons. The highest BCUT2D eigenvalue weighted by molar-refractivity contribution is 5.96. The van der Waals surface area contributed by atoms with Crippen molar-refractivity contribution in [3.63, 3.8) is 0 Å². The third-order valence-electron chi connectivity index (χ3n) is 3.52. The van der Waals surface area contributed by atoms with Gasteiger partial charge in [0, 0.05) is 17.4 Å². The molecule has 2 aromatic carbocycles. The van der Waals surface area contributed by atoms with Gasteiger partial charge in [-0.15, -0.1) is 13.2 Å². The Kier molecular flexibility index (Phi) is 6.38. The smallest absolute Gasteiger partial charge is 0.493 e. The molecule has 1 unspecified atom stereocenters. The summed E-state index contributed by atoms with van der Waals surface area (Å²) in [5.74, 6) is 0.326. The second-order valence-electron chi connectivity index (χ2n) is 5.50. The van der Waals surface area contributed by atoms with Crippen LogP contribution in [0.5, 0.6) is 17.2 Å². The summed E-state index contributed by atoms with van der Waals surface area (Å²) in [6, 6.07) is 9.40. The Bertz CT molecular complexity index is 779. The van der Waals surface area contributed by atoms with E-state index in [0.29, 0.717) is 22.9 Å². The number of ether oxygens (including phenoxy) is 3. The molecule has 27 heavy (non-hydrogen) atoms. The van der Waals surface area contributed by atoms with Crippen LogP contribution in [0.25, 0.3) is 0 Å². The Hall–Kier alpha value is -3.10. The van der Waals surface area contributed by atoms with Crippen molar-refractivity contribution in [2.45, 2.75) is 19.3 Å². The average molecular weight is 384 g/mol. The molecule has 2 aromatic rings. The second kappa shape index (κ2) is 8.52. The minimum atomic E-state index is -4.75. The van der Waals surface area contributed by atoms with Gasteiger partial charge in [0.15, 0.2) is 11.5 Å². The molecule has 0 aliphatic rings. The van der Waals surface area contributed by atoms with Crippen molar-refractivity contribution in [1.29, 1.82) is 0 Å². The third-order valence-corrected chi connectivity index (χ3v) is 3.52. The maximum absolute atomic E-state index is 12.3. The molecule has 1 atom stereocenters. The van der Waals surface area contributed by atoms with E-state index in [-0.39, 0.29) is 11.7 Å². The molecular weight excluding hydrogens is 365 g/mol. The van der Waals surface area contributed by atoms with Crippen molar-refractivity contribution in [2.24, 2.45) is 0 Å². The zero-order valence-corrected chi connectivity index (χ0v) is 14.9. The Morgan fingerprint density at radius 1 is 0.963 bits per heavy atom. The number of alkyl halides is 3. The van der Waals surface area contributed by atoms with Crippen molar-refractivity contribution in [2.75, 3.05) is 24.9 Å². The molecule has 0 aliphatic heterocycles. The van der Waals surface area contributed by atoms with E-state index in [1.165, 1.54) is 26.4 Å². The third kappa shape index (κ3) is 5.98. The van der Waals surface area contributed by atoms with Gasteiger partial charge < -0.3 is 24.8 Å². The van der Waals surface area contributed by atoms with Gasteiger partial charge in [-0.25, -0.2) is 0 Å². The molecule has 0 bridgehead atoms. The highest BCUT2D eigenvalue weighted by Gasteiger charge is 2.31. The minimum absolute atomic E-state index is 0.335. The van der Waals surface area contributed by atoms with Crippen LogP contribution in [0.1, 0.15) is 6.92 Å². The number of nitrogens with one attached hydrogen (secondary N) is 2. The Balaban J connectivity index is 1.97. The molecule has 6 nitrogen and oxygen atoms in total. The van der Waals surface area contributed by atoms with Crippen LogP contribution >= 0.6 is 0 Å². The summed E-state index contributed by atoms with van der Waals surface area (Å²) >= 11 is 0. The molecule has 0 saturated carbocycles. The summed E-state index contributed by atoms with van der Waals surface area (Å²) in [5.41, 5.74) is 0.986. The standard InChI is InChI=1S/C18H19F3N2O4/c1-11(22-12-4-7-14(8-5-12)27-18(19,20)21)17(24)23-13-6-9-15(25-2)16(10-13)26-3/h4-11,22H,1-3H3,(H,23,24). The van der Waals surface area contributed by atoms with Crippen molar-refractivity contribution < 1.29 is 32.2 Å². The SMILES string of the molecule is COc1ccc(NC(=O)C(C)Nc2ccc(OC(F)(F)F)cc2)cc1OC. The van der Waals surface area contributed by atoms with E-state index in [9.17, 15) is 18.0 Å². The minimum Gasteiger partial charge on any atom is -0.493 e. The molecule has 0 aliphatic carbocycles. The van der Waals surface area contributed by atoms with Crippen LogP contribution in [0.15, 0.2) is 42.5 Å². The van der Waals surface area contributed by atoms with Crippen molar-refractivity contribution in [3.8, 4) is 17.2 Å². The summed E-state index contributed by atoms with van der Waals surface area (Å²) < 4.78 is 50.6. The molecule has 2 N–H and O–H groups in total. The summed E-state index contributed by atoms with van der Waals surface area (Å²) in [4.78, 5) is 12.3. The first kappa shape index (κ1) is 20.2. The van der Waals surface area contributed by atoms with Crippen molar-refractivity contribution >= 4 is 17.3 Å². The van der Waals surface area contributed by atoms with Gasteiger partial charge in [-0.1, -0.05) is 0 Å². The summed E-state index contributed by atoms with van der Waals surface area (Å²) in [5, 5.41) is 5.62. The number of benzene rings is 2. The second-order valence-corrected chi connectivity index (χ2v) is 5.50. The predicted octanol–water partition coefficient (Wildman–Crippen LogP) is 4.04. The number of amides is 1. The van der Waals surface area contributed by atoms with Gasteiger partial charge in [-0.2, -0.15) is 0 Å². The highest BCUT2D eigenvalue weighted by Crippen LogP contribution is 2.30. The number of rotatable bonds is 7. The monoisotopic (exact) mass is 384 g/mol. The van der Waals surface area contributed by atoms with Crippen LogP contribution in [0.2, 0.25) is 0 Å². The fraction of sp³-hybridized carbons (Fsp3) is 0.278. The van der Waals surface area contributed by atoms with Gasteiger partial charge in [-0.3, -0.25) is 4.79 Å². The Labute approximate surface area is 154 Å². The van der Waals surface area contributed by atoms with E-state index in [1.54, 1.807) is 25.1 Å². The van der Waals surface area contributed by atoms with Crippen LogP contribution in [0.4, 0.5) is 24.5 Å². The van der Waals surface area contributed by atoms with Crippen molar-refractivity contribution in [3.05, 3.63) is 42.5 Å². The maximum Gasteiger partial charge on any atom is 0.573 e. The number of hydrogen-bond donors (Lipinski definition) is 2. The number of methoxy groups -OCH3 is 2. The van der Waals surface area contributed by atoms with Gasteiger partial charge >= 0.3 is 6.36 Å². The fourth-order valence-corrected chi connectivity index (χ4v) is 2.23. The van der Waals surface area contributed by atoms with Crippen LogP contribution in [0, 0.1) is 0 Å². The zero-order chi connectivity index (χ0) is 20.0. The van der Waals surface area contributed by atoms with Crippen LogP contribution in [-0.4, -0.2) is 32.5 Å². The van der Waals surface area contributed by atoms with Gasteiger partial charge in [0.05, 0.1) is 14.2 Å². The first-order chi connectivity index (χ1) is 12.7. The first-order valence-corrected chi connectivity index (χ1v) is 7.87. The highest BCUT2D eigenvalue weighted by atomic mass is 19.4. The molecule has 2 rings (SSSR count). The number of halogens is 3. The van der Waals surface area contributed by atoms with Crippen LogP contribution < -0.4 is 24.8 Å². The largest absolute Gasteiger partial charge is 0.573 e. The Morgan fingerprint density at radius 3 is 2.11 bits per heavy atom. The summed E-state index contributed by atoms with van der Waals surface area (Å²) in [6.07, 6.45) is -4.75. The quantitative estimate of drug-likeness (QED) is 0.754. The topological polar surface area (TPSA) is 68.8 Å². The molecule has 1 amide bonds. The molecule has 0 spiro atoms. The number of carbonyl (C=O) groups is 1. The van der Waals surface area contributed by atoms with E-state index >= 15 is 0 Å². The zero-order valence-electron chi connectivity index (χ0n) is 14.9. The van der Waals surface area contributed by atoms with E-state index in [0.717, 1.165) is 12.1 Å². The lowest BCUT2D eigenvalue weighted by molar-refractivity contribution is -0.274. The number of hydrogen-bond acceptors (Lipinski definition) is 5. The maximum atomic E-state index is 12.3. The molecular formula is C18H19F3N2O4. The fourth-order valence-electron chi connectivity index (χ4n) is 2.23. The summed E-state index contributed by atoms with van der Waals surface area (Å²) in [7, 11) is 2.99. The number of carbonyl (C=O) groups excluding carboxylic acids is 1.